The van der Waals surface area contributed by atoms with Crippen molar-refractivity contribution in [2.45, 2.75) is 51.4 Å². The van der Waals surface area contributed by atoms with Crippen molar-refractivity contribution in [3.8, 4) is 0 Å². The highest BCUT2D eigenvalue weighted by atomic mass is 15.1. The molecule has 2 aliphatic rings. The average Bonchev–Trinajstić information content (AvgIpc) is 3.47. The topological polar surface area (TPSA) is 3.24 Å². The fraction of sp³-hybridized carbons (Fsp3) is 0.250. The minimum atomic E-state index is 0.358. The minimum Gasteiger partial charge on any atom is -0.336 e. The van der Waals surface area contributed by atoms with E-state index in [4.69, 9.17) is 0 Å². The summed E-state index contributed by atoms with van der Waals surface area (Å²) in [4.78, 5) is 2.75. The number of hydrogen-bond acceptors (Lipinski definition) is 1. The molecule has 4 aromatic carbocycles. The molecule has 0 aromatic heterocycles. The van der Waals surface area contributed by atoms with Crippen LogP contribution in [0.5, 0.6) is 0 Å². The maximum absolute atomic E-state index is 2.75. The van der Waals surface area contributed by atoms with Crippen LogP contribution in [0.15, 0.2) is 84.9 Å². The van der Waals surface area contributed by atoms with Crippen LogP contribution in [-0.2, 0) is 0 Å². The third kappa shape index (κ3) is 3.27. The Balaban J connectivity index is 1.52. The SMILES string of the molecule is CC(C)N(B(C1C=Cc2c1ccc1ccccc21)C1C=Cc2c1ccc1ccccc21)C(C)C. The number of nitrogens with zero attached hydrogens (tertiary/aromatic N) is 1. The first kappa shape index (κ1) is 21.4. The van der Waals surface area contributed by atoms with Gasteiger partial charge in [-0.05, 0) is 67.5 Å². The van der Waals surface area contributed by atoms with Crippen LogP contribution in [0, 0.1) is 0 Å². The van der Waals surface area contributed by atoms with E-state index < -0.39 is 0 Å². The summed E-state index contributed by atoms with van der Waals surface area (Å²) in [7, 11) is 0. The summed E-state index contributed by atoms with van der Waals surface area (Å²) >= 11 is 0. The largest absolute Gasteiger partial charge is 0.336 e. The van der Waals surface area contributed by atoms with Crippen LogP contribution in [0.1, 0.15) is 61.6 Å². The molecular weight excluding hydrogens is 409 g/mol. The van der Waals surface area contributed by atoms with E-state index in [1.807, 2.05) is 0 Å². The first-order valence-electron chi connectivity index (χ1n) is 12.7. The zero-order chi connectivity index (χ0) is 23.4. The Kier molecular flexibility index (Phi) is 5.23. The molecule has 0 bridgehead atoms. The summed E-state index contributed by atoms with van der Waals surface area (Å²) in [6.45, 7) is 9.78. The quantitative estimate of drug-likeness (QED) is 0.283. The van der Waals surface area contributed by atoms with Crippen LogP contribution < -0.4 is 0 Å². The molecule has 2 atom stereocenters. The summed E-state index contributed by atoms with van der Waals surface area (Å²) in [6, 6.07) is 27.9. The molecule has 1 nitrogen and oxygen atoms in total. The number of allylic oxidation sites excluding steroid dienone is 2. The molecule has 34 heavy (non-hydrogen) atoms. The van der Waals surface area contributed by atoms with Gasteiger partial charge in [0.2, 0.25) is 6.85 Å². The molecule has 0 heterocycles. The van der Waals surface area contributed by atoms with Crippen molar-refractivity contribution in [1.82, 2.24) is 4.81 Å². The highest BCUT2D eigenvalue weighted by Gasteiger charge is 2.44. The molecule has 0 saturated heterocycles. The molecule has 6 rings (SSSR count). The monoisotopic (exact) mass is 441 g/mol. The Hall–Kier alpha value is -3.10. The van der Waals surface area contributed by atoms with Crippen molar-refractivity contribution in [2.24, 2.45) is 0 Å². The van der Waals surface area contributed by atoms with Crippen LogP contribution >= 0.6 is 0 Å². The summed E-state index contributed by atoms with van der Waals surface area (Å²) in [5.41, 5.74) is 5.75. The molecule has 0 spiro atoms. The second kappa shape index (κ2) is 8.29. The predicted molar refractivity (Wildman–Crippen MR) is 149 cm³/mol. The lowest BCUT2D eigenvalue weighted by Crippen LogP contribution is -2.53. The highest BCUT2D eigenvalue weighted by Crippen LogP contribution is 2.45. The molecule has 0 fully saturated rings. The molecule has 2 aliphatic carbocycles. The van der Waals surface area contributed by atoms with Gasteiger partial charge in [0, 0.05) is 0 Å². The van der Waals surface area contributed by atoms with Gasteiger partial charge >= 0.3 is 0 Å². The van der Waals surface area contributed by atoms with Gasteiger partial charge in [-0.3, -0.25) is 0 Å². The number of fused-ring (bicyclic) bond motifs is 6. The van der Waals surface area contributed by atoms with Gasteiger partial charge in [0.1, 0.15) is 0 Å². The fourth-order valence-corrected chi connectivity index (χ4v) is 6.66. The maximum atomic E-state index is 2.75. The summed E-state index contributed by atoms with van der Waals surface area (Å²) in [5.74, 6) is 0.716. The van der Waals surface area contributed by atoms with Gasteiger partial charge in [-0.2, -0.15) is 0 Å². The normalized spacial score (nSPS) is 18.6. The second-order valence-electron chi connectivity index (χ2n) is 10.5. The van der Waals surface area contributed by atoms with Crippen molar-refractivity contribution in [2.75, 3.05) is 0 Å². The Morgan fingerprint density at radius 1 is 0.588 bits per heavy atom. The Morgan fingerprint density at radius 3 is 1.47 bits per heavy atom. The van der Waals surface area contributed by atoms with Crippen LogP contribution in [-0.4, -0.2) is 23.7 Å². The Labute approximate surface area is 203 Å². The molecule has 0 aliphatic heterocycles. The molecule has 168 valence electrons. The second-order valence-corrected chi connectivity index (χ2v) is 10.5. The lowest BCUT2D eigenvalue weighted by Gasteiger charge is -2.42. The van der Waals surface area contributed by atoms with Gasteiger partial charge in [-0.1, -0.05) is 125 Å². The zero-order valence-electron chi connectivity index (χ0n) is 20.6. The van der Waals surface area contributed by atoms with Gasteiger partial charge in [0.25, 0.3) is 0 Å². The van der Waals surface area contributed by atoms with E-state index in [2.05, 4.69) is 130 Å². The average molecular weight is 441 g/mol. The third-order valence-electron chi connectivity index (χ3n) is 7.94. The van der Waals surface area contributed by atoms with Crippen molar-refractivity contribution >= 4 is 40.5 Å². The van der Waals surface area contributed by atoms with Gasteiger partial charge < -0.3 is 4.81 Å². The molecule has 0 N–H and O–H groups in total. The standard InChI is InChI=1S/C32H32BN/c1-21(2)34(22(3)4)33(31-19-17-27-25-11-7-5-9-23(25)13-15-29(27)31)32-20-18-28-26-12-8-6-10-24(26)14-16-30(28)32/h5-22,31-32H,1-4H3. The molecule has 0 amide bonds. The summed E-state index contributed by atoms with van der Waals surface area (Å²) < 4.78 is 0. The molecule has 0 radical (unpaired) electrons. The van der Waals surface area contributed by atoms with E-state index in [0.29, 0.717) is 30.6 Å². The zero-order valence-corrected chi connectivity index (χ0v) is 20.6. The lowest BCUT2D eigenvalue weighted by molar-refractivity contribution is 0.296. The van der Waals surface area contributed by atoms with E-state index in [9.17, 15) is 0 Å². The van der Waals surface area contributed by atoms with Crippen molar-refractivity contribution in [3.05, 3.63) is 107 Å². The first-order chi connectivity index (χ1) is 16.5. The molecule has 2 heteroatoms. The van der Waals surface area contributed by atoms with E-state index in [1.165, 1.54) is 43.8 Å². The number of hydrogen-bond donors (Lipinski definition) is 0. The molecular formula is C32H32BN. The van der Waals surface area contributed by atoms with Crippen LogP contribution in [0.4, 0.5) is 0 Å². The van der Waals surface area contributed by atoms with Crippen LogP contribution in [0.2, 0.25) is 0 Å². The van der Waals surface area contributed by atoms with Crippen LogP contribution in [0.3, 0.4) is 0 Å². The van der Waals surface area contributed by atoms with Gasteiger partial charge in [0.15, 0.2) is 0 Å². The van der Waals surface area contributed by atoms with Crippen LogP contribution in [0.25, 0.3) is 33.7 Å². The minimum absolute atomic E-state index is 0.358. The van der Waals surface area contributed by atoms with Gasteiger partial charge in [-0.25, -0.2) is 0 Å². The maximum Gasteiger partial charge on any atom is 0.247 e. The Morgan fingerprint density at radius 2 is 1.03 bits per heavy atom. The van der Waals surface area contributed by atoms with E-state index in [1.54, 1.807) is 0 Å². The van der Waals surface area contributed by atoms with Gasteiger partial charge in [0.05, 0.1) is 0 Å². The van der Waals surface area contributed by atoms with Gasteiger partial charge in [-0.15, -0.1) is 0 Å². The fourth-order valence-electron chi connectivity index (χ4n) is 6.66. The predicted octanol–water partition coefficient (Wildman–Crippen LogP) is 8.10. The van der Waals surface area contributed by atoms with E-state index >= 15 is 0 Å². The molecule has 4 aromatic rings. The number of rotatable bonds is 5. The summed E-state index contributed by atoms with van der Waals surface area (Å²) in [6.07, 6.45) is 9.72. The third-order valence-corrected chi connectivity index (χ3v) is 7.94. The number of benzene rings is 4. The van der Waals surface area contributed by atoms with Crippen molar-refractivity contribution < 1.29 is 0 Å². The summed E-state index contributed by atoms with van der Waals surface area (Å²) in [5, 5.41) is 5.38. The van der Waals surface area contributed by atoms with E-state index in [0.717, 1.165) is 0 Å². The highest BCUT2D eigenvalue weighted by molar-refractivity contribution is 6.61. The Bertz CT molecular complexity index is 1340. The molecule has 2 unspecified atom stereocenters. The lowest BCUT2D eigenvalue weighted by atomic mass is 9.39. The van der Waals surface area contributed by atoms with E-state index in [-0.39, 0.29) is 0 Å². The first-order valence-corrected chi connectivity index (χ1v) is 12.7. The smallest absolute Gasteiger partial charge is 0.247 e. The van der Waals surface area contributed by atoms with Crippen molar-refractivity contribution in [3.63, 3.8) is 0 Å². The van der Waals surface area contributed by atoms with Crippen molar-refractivity contribution in [1.29, 1.82) is 0 Å². The molecule has 0 saturated carbocycles.